The quantitative estimate of drug-likeness (QED) is 0.548. The highest BCUT2D eigenvalue weighted by atomic mass is 16.5. The van der Waals surface area contributed by atoms with E-state index in [1.165, 1.54) is 0 Å². The van der Waals surface area contributed by atoms with Gasteiger partial charge in [-0.15, -0.1) is 0 Å². The first kappa shape index (κ1) is 9.88. The van der Waals surface area contributed by atoms with E-state index in [1.54, 1.807) is 0 Å². The second-order valence-corrected chi connectivity index (χ2v) is 1.91. The van der Waals surface area contributed by atoms with E-state index < -0.39 is 0 Å². The first-order chi connectivity index (χ1) is 4.93. The van der Waals surface area contributed by atoms with Crippen LogP contribution in [0.2, 0.25) is 0 Å². The summed E-state index contributed by atoms with van der Waals surface area (Å²) in [5, 5.41) is 11.6. The fourth-order valence-corrected chi connectivity index (χ4v) is 0.737. The van der Waals surface area contributed by atoms with Gasteiger partial charge in [0.15, 0.2) is 0 Å². The molecular weight excluding hydrogens is 130 g/mol. The average Bonchev–Trinajstić information content (AvgIpc) is 2.10. The normalized spacial score (nSPS) is 24.9. The molecule has 0 bridgehead atoms. The molecule has 0 radical (unpaired) electrons. The Hall–Kier alpha value is -0.120. The number of hydrogen-bond donors (Lipinski definition) is 2. The van der Waals surface area contributed by atoms with Crippen LogP contribution in [0, 0.1) is 0 Å². The van der Waals surface area contributed by atoms with Gasteiger partial charge in [-0.25, -0.2) is 0 Å². The zero-order valence-corrected chi connectivity index (χ0v) is 6.76. The molecule has 0 aromatic heterocycles. The topological polar surface area (TPSA) is 41.5 Å². The van der Waals surface area contributed by atoms with Crippen LogP contribution >= 0.6 is 0 Å². The summed E-state index contributed by atoms with van der Waals surface area (Å²) in [6.07, 6.45) is 0. The average molecular weight is 147 g/mol. The molecule has 0 aliphatic carbocycles. The van der Waals surface area contributed by atoms with Gasteiger partial charge < -0.3 is 15.2 Å². The predicted molar refractivity (Wildman–Crippen MR) is 41.0 cm³/mol. The van der Waals surface area contributed by atoms with Crippen molar-refractivity contribution in [3.05, 3.63) is 0 Å². The Morgan fingerprint density at radius 3 is 2.60 bits per heavy atom. The predicted octanol–water partition coefficient (Wildman–Crippen LogP) is -0.00670. The molecule has 62 valence electrons. The van der Waals surface area contributed by atoms with E-state index in [2.05, 4.69) is 5.32 Å². The Labute approximate surface area is 62.4 Å². The Morgan fingerprint density at radius 2 is 2.30 bits per heavy atom. The van der Waals surface area contributed by atoms with Crippen molar-refractivity contribution in [2.45, 2.75) is 19.9 Å². The Balaban J connectivity index is 0.000000371. The van der Waals surface area contributed by atoms with Crippen LogP contribution in [0.3, 0.4) is 0 Å². The highest BCUT2D eigenvalue weighted by Crippen LogP contribution is 1.89. The van der Waals surface area contributed by atoms with Gasteiger partial charge in [0.1, 0.15) is 0 Å². The molecule has 1 unspecified atom stereocenters. The second-order valence-electron chi connectivity index (χ2n) is 1.91. The minimum absolute atomic E-state index is 0.170. The summed E-state index contributed by atoms with van der Waals surface area (Å²) in [5.41, 5.74) is 0. The summed E-state index contributed by atoms with van der Waals surface area (Å²) >= 11 is 0. The highest BCUT2D eigenvalue weighted by molar-refractivity contribution is 4.67. The zero-order valence-electron chi connectivity index (χ0n) is 6.76. The van der Waals surface area contributed by atoms with Gasteiger partial charge in [0.25, 0.3) is 0 Å². The molecule has 1 aliphatic rings. The largest absolute Gasteiger partial charge is 0.395 e. The smallest absolute Gasteiger partial charge is 0.0642 e. The van der Waals surface area contributed by atoms with Crippen LogP contribution in [0.4, 0.5) is 0 Å². The number of morpholine rings is 1. The van der Waals surface area contributed by atoms with Gasteiger partial charge in [0.2, 0.25) is 0 Å². The van der Waals surface area contributed by atoms with E-state index in [9.17, 15) is 0 Å². The van der Waals surface area contributed by atoms with Crippen LogP contribution in [0.5, 0.6) is 0 Å². The second kappa shape index (κ2) is 6.99. The number of aliphatic hydroxyl groups excluding tert-OH is 1. The van der Waals surface area contributed by atoms with Crippen LogP contribution in [0.15, 0.2) is 0 Å². The summed E-state index contributed by atoms with van der Waals surface area (Å²) < 4.78 is 5.05. The van der Waals surface area contributed by atoms with Crippen LogP contribution < -0.4 is 5.32 Å². The molecule has 3 nitrogen and oxygen atoms in total. The number of rotatable bonds is 1. The Bertz CT molecular complexity index is 62.6. The van der Waals surface area contributed by atoms with E-state index in [-0.39, 0.29) is 12.6 Å². The van der Waals surface area contributed by atoms with Crippen LogP contribution in [0.1, 0.15) is 13.8 Å². The van der Waals surface area contributed by atoms with Gasteiger partial charge >= 0.3 is 0 Å². The molecule has 0 amide bonds. The molecule has 1 fully saturated rings. The Morgan fingerprint density at radius 1 is 1.60 bits per heavy atom. The number of hydrogen-bond acceptors (Lipinski definition) is 3. The van der Waals surface area contributed by atoms with E-state index in [1.807, 2.05) is 13.8 Å². The third kappa shape index (κ3) is 3.82. The van der Waals surface area contributed by atoms with Gasteiger partial charge in [-0.05, 0) is 0 Å². The summed E-state index contributed by atoms with van der Waals surface area (Å²) in [6.45, 7) is 6.47. The maximum absolute atomic E-state index is 8.55. The molecular formula is C7H17NO2. The lowest BCUT2D eigenvalue weighted by molar-refractivity contribution is 0.0550. The lowest BCUT2D eigenvalue weighted by atomic mass is 10.3. The monoisotopic (exact) mass is 147 g/mol. The van der Waals surface area contributed by atoms with E-state index in [0.717, 1.165) is 13.2 Å². The molecule has 0 spiro atoms. The molecule has 1 heterocycles. The van der Waals surface area contributed by atoms with Crippen LogP contribution in [-0.2, 0) is 4.74 Å². The van der Waals surface area contributed by atoms with Crippen molar-refractivity contribution >= 4 is 0 Å². The van der Waals surface area contributed by atoms with Crippen molar-refractivity contribution in [3.8, 4) is 0 Å². The van der Waals surface area contributed by atoms with Gasteiger partial charge in [0.05, 0.1) is 25.9 Å². The number of ether oxygens (including phenoxy) is 1. The SMILES string of the molecule is CC.OCC1COCCN1. The summed E-state index contributed by atoms with van der Waals surface area (Å²) in [6, 6.07) is 0.170. The summed E-state index contributed by atoms with van der Waals surface area (Å²) in [5.74, 6) is 0. The minimum atomic E-state index is 0.170. The molecule has 0 aromatic carbocycles. The van der Waals surface area contributed by atoms with E-state index in [0.29, 0.717) is 6.61 Å². The lowest BCUT2D eigenvalue weighted by Gasteiger charge is -2.21. The van der Waals surface area contributed by atoms with E-state index in [4.69, 9.17) is 9.84 Å². The molecule has 1 saturated heterocycles. The van der Waals surface area contributed by atoms with Crippen molar-refractivity contribution in [2.24, 2.45) is 0 Å². The molecule has 10 heavy (non-hydrogen) atoms. The van der Waals surface area contributed by atoms with Crippen molar-refractivity contribution < 1.29 is 9.84 Å². The van der Waals surface area contributed by atoms with Gasteiger partial charge in [-0.3, -0.25) is 0 Å². The third-order valence-electron chi connectivity index (χ3n) is 1.22. The maximum atomic E-state index is 8.55. The van der Waals surface area contributed by atoms with Gasteiger partial charge in [-0.1, -0.05) is 13.8 Å². The molecule has 0 aromatic rings. The van der Waals surface area contributed by atoms with Crippen molar-refractivity contribution in [2.75, 3.05) is 26.4 Å². The third-order valence-corrected chi connectivity index (χ3v) is 1.22. The highest BCUT2D eigenvalue weighted by Gasteiger charge is 2.09. The fourth-order valence-electron chi connectivity index (χ4n) is 0.737. The maximum Gasteiger partial charge on any atom is 0.0642 e. The summed E-state index contributed by atoms with van der Waals surface area (Å²) in [4.78, 5) is 0. The van der Waals surface area contributed by atoms with Crippen molar-refractivity contribution in [3.63, 3.8) is 0 Å². The Kier molecular flexibility index (Phi) is 6.91. The number of nitrogens with one attached hydrogen (secondary N) is 1. The molecule has 1 atom stereocenters. The van der Waals surface area contributed by atoms with Gasteiger partial charge in [-0.2, -0.15) is 0 Å². The fraction of sp³-hybridized carbons (Fsp3) is 1.00. The molecule has 1 rings (SSSR count). The standard InChI is InChI=1S/C5H11NO2.C2H6/c7-3-5-4-8-2-1-6-5;1-2/h5-7H,1-4H2;1-2H3. The first-order valence-electron chi connectivity index (χ1n) is 3.85. The summed E-state index contributed by atoms with van der Waals surface area (Å²) in [7, 11) is 0. The molecule has 2 N–H and O–H groups in total. The van der Waals surface area contributed by atoms with Crippen LogP contribution in [0.25, 0.3) is 0 Å². The minimum Gasteiger partial charge on any atom is -0.395 e. The zero-order chi connectivity index (χ0) is 7.82. The lowest BCUT2D eigenvalue weighted by Crippen LogP contribution is -2.43. The first-order valence-corrected chi connectivity index (χ1v) is 3.85. The molecule has 1 aliphatic heterocycles. The van der Waals surface area contributed by atoms with Gasteiger partial charge in [0, 0.05) is 6.54 Å². The van der Waals surface area contributed by atoms with Crippen LogP contribution in [-0.4, -0.2) is 37.5 Å². The number of aliphatic hydroxyl groups is 1. The van der Waals surface area contributed by atoms with E-state index >= 15 is 0 Å². The molecule has 3 heteroatoms. The molecule has 0 saturated carbocycles. The van der Waals surface area contributed by atoms with Crippen molar-refractivity contribution in [1.82, 2.24) is 5.32 Å². The van der Waals surface area contributed by atoms with Crippen molar-refractivity contribution in [1.29, 1.82) is 0 Å².